The summed E-state index contributed by atoms with van der Waals surface area (Å²) in [6.45, 7) is 3.70. The average Bonchev–Trinajstić information content (AvgIpc) is 3.25. The SMILES string of the molecule is CCOCCn1c(=NC(=O)/C=C\c2ccc([N+](=O)[O-])s2)sc2ccccc21. The number of carbonyl (C=O) groups excluding carboxylic acids is 1. The monoisotopic (exact) mass is 403 g/mol. The first-order chi connectivity index (χ1) is 13.1. The largest absolute Gasteiger partial charge is 0.380 e. The summed E-state index contributed by atoms with van der Waals surface area (Å²) in [5, 5.41) is 10.8. The highest BCUT2D eigenvalue weighted by molar-refractivity contribution is 7.16. The topological polar surface area (TPSA) is 86.7 Å². The molecule has 0 aliphatic carbocycles. The molecule has 1 aromatic carbocycles. The standard InChI is InChI=1S/C18H17N3O4S2/c1-2-25-12-11-20-14-5-3-4-6-15(14)27-18(20)19-16(22)9-7-13-8-10-17(26-13)21(23)24/h3-10H,2,11-12H2,1H3/b9-7-,19-18?. The maximum Gasteiger partial charge on any atom is 0.324 e. The van der Waals surface area contributed by atoms with Crippen molar-refractivity contribution in [2.75, 3.05) is 13.2 Å². The lowest BCUT2D eigenvalue weighted by Crippen LogP contribution is -2.19. The van der Waals surface area contributed by atoms with Gasteiger partial charge in [-0.1, -0.05) is 34.8 Å². The summed E-state index contributed by atoms with van der Waals surface area (Å²) in [6, 6.07) is 10.9. The fourth-order valence-corrected chi connectivity index (χ4v) is 4.22. The summed E-state index contributed by atoms with van der Waals surface area (Å²) < 4.78 is 8.44. The Morgan fingerprint density at radius 3 is 2.85 bits per heavy atom. The number of nitro groups is 1. The van der Waals surface area contributed by atoms with Gasteiger partial charge in [0.2, 0.25) is 0 Å². The quantitative estimate of drug-likeness (QED) is 0.259. The van der Waals surface area contributed by atoms with Crippen LogP contribution >= 0.6 is 22.7 Å². The lowest BCUT2D eigenvalue weighted by atomic mass is 10.3. The Labute approximate surface area is 163 Å². The van der Waals surface area contributed by atoms with Gasteiger partial charge in [-0.05, 0) is 31.2 Å². The number of nitrogens with zero attached hydrogens (tertiary/aromatic N) is 3. The van der Waals surface area contributed by atoms with Gasteiger partial charge in [0.25, 0.3) is 5.91 Å². The minimum absolute atomic E-state index is 0.0392. The van der Waals surface area contributed by atoms with E-state index in [1.807, 2.05) is 35.8 Å². The second kappa shape index (κ2) is 8.85. The molecule has 0 radical (unpaired) electrons. The summed E-state index contributed by atoms with van der Waals surface area (Å²) in [5.41, 5.74) is 1.01. The average molecular weight is 403 g/mol. The fraction of sp³-hybridized carbons (Fsp3) is 0.222. The first-order valence-corrected chi connectivity index (χ1v) is 9.89. The van der Waals surface area contributed by atoms with Crippen LogP contribution in [0.2, 0.25) is 0 Å². The molecule has 9 heteroatoms. The van der Waals surface area contributed by atoms with Crippen LogP contribution in [0, 0.1) is 10.1 Å². The van der Waals surface area contributed by atoms with Crippen LogP contribution < -0.4 is 4.80 Å². The first kappa shape index (κ1) is 19.2. The fourth-order valence-electron chi connectivity index (χ4n) is 2.44. The Balaban J connectivity index is 1.86. The predicted octanol–water partition coefficient (Wildman–Crippen LogP) is 3.85. The number of hydrogen-bond acceptors (Lipinski definition) is 6. The molecule has 140 valence electrons. The molecule has 0 bridgehead atoms. The minimum atomic E-state index is -0.452. The van der Waals surface area contributed by atoms with Crippen molar-refractivity contribution in [2.24, 2.45) is 4.99 Å². The number of amides is 1. The van der Waals surface area contributed by atoms with E-state index < -0.39 is 10.8 Å². The van der Waals surface area contributed by atoms with Gasteiger partial charge in [0.15, 0.2) is 4.80 Å². The number of thiazole rings is 1. The molecular weight excluding hydrogens is 386 g/mol. The molecular formula is C18H17N3O4S2. The molecule has 0 saturated carbocycles. The molecule has 0 aliphatic rings. The Morgan fingerprint density at radius 1 is 1.30 bits per heavy atom. The van der Waals surface area contributed by atoms with E-state index >= 15 is 0 Å². The molecule has 0 saturated heterocycles. The lowest BCUT2D eigenvalue weighted by Gasteiger charge is -2.04. The van der Waals surface area contributed by atoms with Gasteiger partial charge in [-0.3, -0.25) is 14.9 Å². The Bertz CT molecular complexity index is 1060. The maximum absolute atomic E-state index is 12.3. The first-order valence-electron chi connectivity index (χ1n) is 8.25. The predicted molar refractivity (Wildman–Crippen MR) is 107 cm³/mol. The Kier molecular flexibility index (Phi) is 6.28. The summed E-state index contributed by atoms with van der Waals surface area (Å²) >= 11 is 2.45. The van der Waals surface area contributed by atoms with Crippen LogP contribution in [0.5, 0.6) is 0 Å². The van der Waals surface area contributed by atoms with Gasteiger partial charge in [0, 0.05) is 30.2 Å². The second-order valence-electron chi connectivity index (χ2n) is 5.42. The minimum Gasteiger partial charge on any atom is -0.380 e. The van der Waals surface area contributed by atoms with Crippen LogP contribution in [0.4, 0.5) is 5.00 Å². The van der Waals surface area contributed by atoms with E-state index in [1.165, 1.54) is 23.5 Å². The molecule has 1 amide bonds. The molecule has 0 spiro atoms. The van der Waals surface area contributed by atoms with E-state index in [0.29, 0.717) is 29.4 Å². The highest BCUT2D eigenvalue weighted by Crippen LogP contribution is 2.24. The molecule has 7 nitrogen and oxygen atoms in total. The molecule has 3 rings (SSSR count). The van der Waals surface area contributed by atoms with E-state index in [9.17, 15) is 14.9 Å². The number of carbonyl (C=O) groups is 1. The molecule has 27 heavy (non-hydrogen) atoms. The van der Waals surface area contributed by atoms with Crippen LogP contribution in [0.1, 0.15) is 11.8 Å². The summed E-state index contributed by atoms with van der Waals surface area (Å²) in [7, 11) is 0. The van der Waals surface area contributed by atoms with Crippen molar-refractivity contribution in [1.29, 1.82) is 0 Å². The van der Waals surface area contributed by atoms with Crippen molar-refractivity contribution in [3.05, 3.63) is 62.3 Å². The number of benzene rings is 1. The number of ether oxygens (including phenoxy) is 1. The van der Waals surface area contributed by atoms with Gasteiger partial charge in [-0.2, -0.15) is 4.99 Å². The van der Waals surface area contributed by atoms with Gasteiger partial charge in [-0.25, -0.2) is 0 Å². The molecule has 2 aromatic heterocycles. The van der Waals surface area contributed by atoms with E-state index in [4.69, 9.17) is 4.74 Å². The smallest absolute Gasteiger partial charge is 0.324 e. The molecule has 2 heterocycles. The van der Waals surface area contributed by atoms with Crippen LogP contribution in [0.15, 0.2) is 47.5 Å². The number of para-hydroxylation sites is 1. The van der Waals surface area contributed by atoms with Crippen molar-refractivity contribution in [1.82, 2.24) is 4.57 Å². The van der Waals surface area contributed by atoms with Gasteiger partial charge in [0.1, 0.15) is 0 Å². The normalized spacial score (nSPS) is 12.3. The van der Waals surface area contributed by atoms with Crippen molar-refractivity contribution in [3.63, 3.8) is 0 Å². The Hall–Kier alpha value is -2.62. The van der Waals surface area contributed by atoms with Gasteiger partial charge < -0.3 is 9.30 Å². The van der Waals surface area contributed by atoms with Gasteiger partial charge in [0.05, 0.1) is 21.7 Å². The lowest BCUT2D eigenvalue weighted by molar-refractivity contribution is -0.380. The molecule has 0 atom stereocenters. The van der Waals surface area contributed by atoms with Gasteiger partial charge >= 0.3 is 5.00 Å². The zero-order chi connectivity index (χ0) is 19.2. The number of hydrogen-bond donors (Lipinski definition) is 0. The van der Waals surface area contributed by atoms with Crippen LogP contribution in [0.25, 0.3) is 16.3 Å². The van der Waals surface area contributed by atoms with Crippen molar-refractivity contribution in [3.8, 4) is 0 Å². The number of aromatic nitrogens is 1. The third kappa shape index (κ3) is 4.76. The van der Waals surface area contributed by atoms with Crippen molar-refractivity contribution < 1.29 is 14.5 Å². The van der Waals surface area contributed by atoms with Gasteiger partial charge in [-0.15, -0.1) is 0 Å². The maximum atomic E-state index is 12.3. The molecule has 0 N–H and O–H groups in total. The molecule has 0 unspecified atom stereocenters. The van der Waals surface area contributed by atoms with Crippen molar-refractivity contribution in [2.45, 2.75) is 13.5 Å². The summed E-state index contributed by atoms with van der Waals surface area (Å²) in [4.78, 5) is 28.0. The highest BCUT2D eigenvalue weighted by atomic mass is 32.1. The van der Waals surface area contributed by atoms with Crippen LogP contribution in [0.3, 0.4) is 0 Å². The Morgan fingerprint density at radius 2 is 2.11 bits per heavy atom. The zero-order valence-electron chi connectivity index (χ0n) is 14.5. The molecule has 3 aromatic rings. The zero-order valence-corrected chi connectivity index (χ0v) is 16.2. The third-order valence-electron chi connectivity index (χ3n) is 3.64. The molecule has 0 fully saturated rings. The van der Waals surface area contributed by atoms with E-state index in [0.717, 1.165) is 21.6 Å². The highest BCUT2D eigenvalue weighted by Gasteiger charge is 2.09. The molecule has 0 aliphatic heterocycles. The van der Waals surface area contributed by atoms with Crippen molar-refractivity contribution >= 4 is 49.9 Å². The van der Waals surface area contributed by atoms with Crippen LogP contribution in [-0.4, -0.2) is 28.6 Å². The number of fused-ring (bicyclic) bond motifs is 1. The summed E-state index contributed by atoms with van der Waals surface area (Å²) in [5.74, 6) is -0.414. The third-order valence-corrected chi connectivity index (χ3v) is 5.70. The van der Waals surface area contributed by atoms with E-state index in [2.05, 4.69) is 4.99 Å². The number of rotatable bonds is 7. The van der Waals surface area contributed by atoms with Crippen LogP contribution in [-0.2, 0) is 16.1 Å². The summed E-state index contributed by atoms with van der Waals surface area (Å²) in [6.07, 6.45) is 2.87. The second-order valence-corrected chi connectivity index (χ2v) is 7.52. The van der Waals surface area contributed by atoms with E-state index in [1.54, 1.807) is 12.1 Å². The number of thiophene rings is 1. The van der Waals surface area contributed by atoms with E-state index in [-0.39, 0.29) is 5.00 Å².